The minimum absolute atomic E-state index is 0.0109. The first-order valence-electron chi connectivity index (χ1n) is 5.91. The highest BCUT2D eigenvalue weighted by atomic mass is 32.2. The first-order valence-corrected chi connectivity index (χ1v) is 7.35. The summed E-state index contributed by atoms with van der Waals surface area (Å²) < 4.78 is 26.1. The van der Waals surface area contributed by atoms with Crippen LogP contribution in [-0.4, -0.2) is 20.4 Å². The van der Waals surface area contributed by atoms with E-state index in [4.69, 9.17) is 11.1 Å². The molecule has 0 atom stereocenters. The molecule has 1 aromatic carbocycles. The molecule has 108 valence electrons. The van der Waals surface area contributed by atoms with Gasteiger partial charge in [-0.15, -0.1) is 0 Å². The summed E-state index contributed by atoms with van der Waals surface area (Å²) in [6, 6.07) is 11.3. The van der Waals surface area contributed by atoms with Gasteiger partial charge in [0.25, 0.3) is 10.0 Å². The zero-order chi connectivity index (χ0) is 15.5. The number of sulfonamides is 1. The number of nitrogens with one attached hydrogen (secondary N) is 1. The highest BCUT2D eigenvalue weighted by molar-refractivity contribution is 7.92. The van der Waals surface area contributed by atoms with Crippen LogP contribution in [0.4, 0.5) is 11.5 Å². The van der Waals surface area contributed by atoms with Crippen molar-refractivity contribution in [1.29, 1.82) is 5.26 Å². The lowest BCUT2D eigenvalue weighted by Gasteiger charge is -2.20. The van der Waals surface area contributed by atoms with Gasteiger partial charge < -0.3 is 5.43 Å². The summed E-state index contributed by atoms with van der Waals surface area (Å²) >= 11 is 0. The fourth-order valence-corrected chi connectivity index (χ4v) is 2.91. The van der Waals surface area contributed by atoms with Crippen molar-refractivity contribution in [1.82, 2.24) is 4.98 Å². The molecule has 0 saturated heterocycles. The number of para-hydroxylation sites is 1. The minimum Gasteiger partial charge on any atom is -0.308 e. The Hall–Kier alpha value is -2.63. The highest BCUT2D eigenvalue weighted by Crippen LogP contribution is 2.25. The average molecular weight is 303 g/mol. The lowest BCUT2D eigenvalue weighted by atomic mass is 10.2. The molecule has 0 amide bonds. The van der Waals surface area contributed by atoms with Crippen molar-refractivity contribution in [2.24, 2.45) is 5.84 Å². The van der Waals surface area contributed by atoms with Crippen molar-refractivity contribution in [2.75, 3.05) is 16.8 Å². The first kappa shape index (κ1) is 14.8. The normalized spacial score (nSPS) is 10.7. The Morgan fingerprint density at radius 1 is 1.29 bits per heavy atom. The van der Waals surface area contributed by atoms with Gasteiger partial charge in [-0.3, -0.25) is 4.31 Å². The third kappa shape index (κ3) is 2.79. The molecule has 3 N–H and O–H groups in total. The van der Waals surface area contributed by atoms with Crippen LogP contribution < -0.4 is 15.6 Å². The molecule has 0 bridgehead atoms. The summed E-state index contributed by atoms with van der Waals surface area (Å²) in [5.74, 6) is 5.54. The number of nitrogens with two attached hydrogens (primary N) is 1. The molecule has 0 unspecified atom stereocenters. The van der Waals surface area contributed by atoms with E-state index in [0.717, 1.165) is 4.31 Å². The summed E-state index contributed by atoms with van der Waals surface area (Å²) in [7, 11) is -2.41. The van der Waals surface area contributed by atoms with E-state index in [1.807, 2.05) is 6.07 Å². The second-order valence-electron chi connectivity index (χ2n) is 4.12. The van der Waals surface area contributed by atoms with Crippen molar-refractivity contribution in [3.63, 3.8) is 0 Å². The van der Waals surface area contributed by atoms with Crippen LogP contribution in [0.3, 0.4) is 0 Å². The van der Waals surface area contributed by atoms with Gasteiger partial charge in [0.05, 0.1) is 11.3 Å². The van der Waals surface area contributed by atoms with Crippen LogP contribution in [0.15, 0.2) is 47.5 Å². The molecule has 21 heavy (non-hydrogen) atoms. The van der Waals surface area contributed by atoms with Crippen LogP contribution in [-0.2, 0) is 10.0 Å². The van der Waals surface area contributed by atoms with E-state index < -0.39 is 10.0 Å². The fourth-order valence-electron chi connectivity index (χ4n) is 1.75. The molecule has 8 heteroatoms. The maximum Gasteiger partial charge on any atom is 0.265 e. The number of rotatable bonds is 4. The number of hydrazine groups is 1. The number of nitriles is 1. The summed E-state index contributed by atoms with van der Waals surface area (Å²) in [6.45, 7) is 0. The van der Waals surface area contributed by atoms with Crippen molar-refractivity contribution < 1.29 is 8.42 Å². The van der Waals surface area contributed by atoms with E-state index in [1.54, 1.807) is 24.3 Å². The second-order valence-corrected chi connectivity index (χ2v) is 6.09. The van der Waals surface area contributed by atoms with Crippen LogP contribution in [0.25, 0.3) is 0 Å². The standard InChI is InChI=1S/C13H13N5O2S/c1-18(12-5-3-2-4-10(12)8-14)21(19,20)11-6-7-13(17-15)16-9-11/h2-7,9H,15H2,1H3,(H,16,17). The molecule has 1 aromatic heterocycles. The predicted molar refractivity (Wildman–Crippen MR) is 78.8 cm³/mol. The Morgan fingerprint density at radius 2 is 2.00 bits per heavy atom. The number of nitrogens with zero attached hydrogens (tertiary/aromatic N) is 3. The molecule has 0 aliphatic heterocycles. The molecule has 2 aromatic rings. The maximum absolute atomic E-state index is 12.5. The molecular weight excluding hydrogens is 290 g/mol. The largest absolute Gasteiger partial charge is 0.308 e. The third-order valence-electron chi connectivity index (χ3n) is 2.91. The molecule has 0 fully saturated rings. The van der Waals surface area contributed by atoms with Crippen molar-refractivity contribution in [3.05, 3.63) is 48.2 Å². The van der Waals surface area contributed by atoms with Gasteiger partial charge in [0, 0.05) is 13.2 Å². The number of pyridine rings is 1. The van der Waals surface area contributed by atoms with Gasteiger partial charge in [0.15, 0.2) is 0 Å². The summed E-state index contributed by atoms with van der Waals surface area (Å²) in [6.07, 6.45) is 1.20. The zero-order valence-corrected chi connectivity index (χ0v) is 12.0. The Kier molecular flexibility index (Phi) is 4.07. The van der Waals surface area contributed by atoms with Crippen molar-refractivity contribution in [2.45, 2.75) is 4.90 Å². The maximum atomic E-state index is 12.5. The van der Waals surface area contributed by atoms with E-state index in [1.165, 1.54) is 25.4 Å². The summed E-state index contributed by atoms with van der Waals surface area (Å²) in [5, 5.41) is 9.07. The quantitative estimate of drug-likeness (QED) is 0.645. The van der Waals surface area contributed by atoms with Crippen LogP contribution in [0.1, 0.15) is 5.56 Å². The fraction of sp³-hybridized carbons (Fsp3) is 0.0769. The zero-order valence-electron chi connectivity index (χ0n) is 11.2. The van der Waals surface area contributed by atoms with E-state index >= 15 is 0 Å². The number of hydrogen-bond acceptors (Lipinski definition) is 6. The third-order valence-corrected chi connectivity index (χ3v) is 4.66. The van der Waals surface area contributed by atoms with E-state index in [0.29, 0.717) is 11.5 Å². The lowest BCUT2D eigenvalue weighted by molar-refractivity contribution is 0.594. The number of anilines is 2. The Balaban J connectivity index is 2.45. The minimum atomic E-state index is -3.80. The number of nitrogen functional groups attached to an aromatic ring is 1. The SMILES string of the molecule is CN(c1ccccc1C#N)S(=O)(=O)c1ccc(NN)nc1. The predicted octanol–water partition coefficient (Wildman–Crippen LogP) is 1.06. The van der Waals surface area contributed by atoms with Crippen LogP contribution in [0.5, 0.6) is 0 Å². The smallest absolute Gasteiger partial charge is 0.265 e. The Bertz CT molecular complexity index is 781. The second kappa shape index (κ2) is 5.78. The van der Waals surface area contributed by atoms with Crippen molar-refractivity contribution >= 4 is 21.5 Å². The Labute approximate surface area is 122 Å². The topological polar surface area (TPSA) is 112 Å². The van der Waals surface area contributed by atoms with Gasteiger partial charge in [0.2, 0.25) is 0 Å². The monoisotopic (exact) mass is 303 g/mol. The number of aromatic nitrogens is 1. The van der Waals surface area contributed by atoms with E-state index in [9.17, 15) is 8.42 Å². The van der Waals surface area contributed by atoms with Crippen molar-refractivity contribution in [3.8, 4) is 6.07 Å². The number of hydrogen-bond donors (Lipinski definition) is 2. The molecule has 0 radical (unpaired) electrons. The van der Waals surface area contributed by atoms with E-state index in [-0.39, 0.29) is 10.5 Å². The molecule has 0 spiro atoms. The van der Waals surface area contributed by atoms with Crippen LogP contribution >= 0.6 is 0 Å². The molecule has 0 aliphatic rings. The summed E-state index contributed by atoms with van der Waals surface area (Å²) in [5.41, 5.74) is 2.90. The molecule has 0 saturated carbocycles. The number of benzene rings is 1. The molecule has 7 nitrogen and oxygen atoms in total. The summed E-state index contributed by atoms with van der Waals surface area (Å²) in [4.78, 5) is 3.89. The van der Waals surface area contributed by atoms with Crippen LogP contribution in [0, 0.1) is 11.3 Å². The van der Waals surface area contributed by atoms with E-state index in [2.05, 4.69) is 10.4 Å². The lowest BCUT2D eigenvalue weighted by Crippen LogP contribution is -2.27. The van der Waals surface area contributed by atoms with Gasteiger partial charge in [-0.2, -0.15) is 5.26 Å². The Morgan fingerprint density at radius 3 is 2.57 bits per heavy atom. The van der Waals surface area contributed by atoms with Gasteiger partial charge in [0.1, 0.15) is 16.8 Å². The van der Waals surface area contributed by atoms with Gasteiger partial charge >= 0.3 is 0 Å². The van der Waals surface area contributed by atoms with Gasteiger partial charge in [-0.25, -0.2) is 19.2 Å². The van der Waals surface area contributed by atoms with Gasteiger partial charge in [-0.05, 0) is 24.3 Å². The van der Waals surface area contributed by atoms with Crippen LogP contribution in [0.2, 0.25) is 0 Å². The van der Waals surface area contributed by atoms with Gasteiger partial charge in [-0.1, -0.05) is 12.1 Å². The average Bonchev–Trinajstić information content (AvgIpc) is 2.54. The highest BCUT2D eigenvalue weighted by Gasteiger charge is 2.23. The molecule has 2 rings (SSSR count). The molecule has 0 aliphatic carbocycles. The molecular formula is C13H13N5O2S. The molecule has 1 heterocycles. The first-order chi connectivity index (χ1) is 10.0.